The van der Waals surface area contributed by atoms with Crippen molar-refractivity contribution in [2.45, 2.75) is 38.5 Å². The number of ether oxygens (including phenoxy) is 1. The van der Waals surface area contributed by atoms with Crippen molar-refractivity contribution >= 4 is 5.91 Å². The van der Waals surface area contributed by atoms with Gasteiger partial charge in [0.2, 0.25) is 5.91 Å². The zero-order chi connectivity index (χ0) is 17.0. The first-order valence-corrected chi connectivity index (χ1v) is 7.61. The highest BCUT2D eigenvalue weighted by Gasteiger charge is 2.22. The molecule has 1 aliphatic rings. The number of amides is 1. The Morgan fingerprint density at radius 1 is 1.39 bits per heavy atom. The number of nitrogens with one attached hydrogen (secondary N) is 1. The van der Waals surface area contributed by atoms with E-state index in [2.05, 4.69) is 5.32 Å². The molecule has 1 N–H and O–H groups in total. The molecule has 2 rings (SSSR count). The maximum Gasteiger partial charge on any atom is 0.237 e. The summed E-state index contributed by atoms with van der Waals surface area (Å²) in [5, 5.41) is 2.81. The fraction of sp³-hybridized carbons (Fsp3) is 0.562. The number of benzene rings is 1. The van der Waals surface area contributed by atoms with Gasteiger partial charge in [-0.25, -0.2) is 13.2 Å². The van der Waals surface area contributed by atoms with Crippen LogP contribution in [-0.4, -0.2) is 43.2 Å². The highest BCUT2D eigenvalue weighted by Crippen LogP contribution is 2.16. The van der Waals surface area contributed by atoms with Gasteiger partial charge in [-0.3, -0.25) is 9.69 Å². The largest absolute Gasteiger partial charge is 0.376 e. The van der Waals surface area contributed by atoms with Crippen LogP contribution in [0, 0.1) is 17.5 Å². The molecule has 0 spiro atoms. The van der Waals surface area contributed by atoms with E-state index in [0.717, 1.165) is 31.6 Å². The first-order chi connectivity index (χ1) is 10.9. The lowest BCUT2D eigenvalue weighted by Gasteiger charge is -2.24. The van der Waals surface area contributed by atoms with E-state index in [0.29, 0.717) is 6.54 Å². The number of hydrogen-bond acceptors (Lipinski definition) is 3. The van der Waals surface area contributed by atoms with Crippen LogP contribution in [0.1, 0.15) is 25.3 Å². The SMILES string of the molecule is C[C@@H](C(=O)NC[C@H]1CCCO1)N(C)Cc1cc(F)c(F)c(F)c1. The Hall–Kier alpha value is -1.60. The van der Waals surface area contributed by atoms with Crippen molar-refractivity contribution in [3.63, 3.8) is 0 Å². The summed E-state index contributed by atoms with van der Waals surface area (Å²) in [5.41, 5.74) is 0.266. The maximum atomic E-state index is 13.2. The van der Waals surface area contributed by atoms with Crippen LogP contribution in [-0.2, 0) is 16.1 Å². The first kappa shape index (κ1) is 17.7. The molecule has 0 bridgehead atoms. The third kappa shape index (κ3) is 4.68. The lowest BCUT2D eigenvalue weighted by molar-refractivity contribution is -0.126. The van der Waals surface area contributed by atoms with Crippen LogP contribution in [0.4, 0.5) is 13.2 Å². The van der Waals surface area contributed by atoms with Gasteiger partial charge in [0.1, 0.15) is 0 Å². The molecule has 128 valence electrons. The number of carbonyl (C=O) groups is 1. The molecule has 1 amide bonds. The van der Waals surface area contributed by atoms with Crippen LogP contribution in [0.15, 0.2) is 12.1 Å². The molecule has 0 aliphatic carbocycles. The summed E-state index contributed by atoms with van der Waals surface area (Å²) in [4.78, 5) is 13.7. The summed E-state index contributed by atoms with van der Waals surface area (Å²) in [5.74, 6) is -4.14. The molecule has 0 saturated carbocycles. The highest BCUT2D eigenvalue weighted by atomic mass is 19.2. The van der Waals surface area contributed by atoms with Crippen molar-refractivity contribution < 1.29 is 22.7 Å². The number of nitrogens with zero attached hydrogens (tertiary/aromatic N) is 1. The van der Waals surface area contributed by atoms with Gasteiger partial charge in [-0.2, -0.15) is 0 Å². The molecular formula is C16H21F3N2O2. The van der Waals surface area contributed by atoms with E-state index in [1.807, 2.05) is 0 Å². The maximum absolute atomic E-state index is 13.2. The van der Waals surface area contributed by atoms with E-state index >= 15 is 0 Å². The van der Waals surface area contributed by atoms with E-state index in [1.165, 1.54) is 0 Å². The topological polar surface area (TPSA) is 41.6 Å². The third-order valence-electron chi connectivity index (χ3n) is 4.04. The summed E-state index contributed by atoms with van der Waals surface area (Å²) < 4.78 is 44.8. The molecule has 1 saturated heterocycles. The smallest absolute Gasteiger partial charge is 0.237 e. The Labute approximate surface area is 133 Å². The first-order valence-electron chi connectivity index (χ1n) is 7.61. The average Bonchev–Trinajstić information content (AvgIpc) is 3.02. The molecule has 1 aromatic rings. The van der Waals surface area contributed by atoms with Crippen molar-refractivity contribution in [2.24, 2.45) is 0 Å². The minimum absolute atomic E-state index is 0.0525. The fourth-order valence-electron chi connectivity index (χ4n) is 2.49. The van der Waals surface area contributed by atoms with E-state index < -0.39 is 23.5 Å². The normalized spacial score (nSPS) is 19.1. The molecule has 0 unspecified atom stereocenters. The third-order valence-corrected chi connectivity index (χ3v) is 4.04. The Kier molecular flexibility index (Phi) is 6.01. The number of likely N-dealkylation sites (N-methyl/N-ethyl adjacent to an activating group) is 1. The van der Waals surface area contributed by atoms with Gasteiger partial charge < -0.3 is 10.1 Å². The quantitative estimate of drug-likeness (QED) is 0.813. The number of halogens is 3. The number of hydrogen-bond donors (Lipinski definition) is 1. The molecule has 1 heterocycles. The highest BCUT2D eigenvalue weighted by molar-refractivity contribution is 5.81. The number of rotatable bonds is 6. The lowest BCUT2D eigenvalue weighted by Crippen LogP contribution is -2.45. The van der Waals surface area contributed by atoms with Crippen molar-refractivity contribution in [3.8, 4) is 0 Å². The van der Waals surface area contributed by atoms with Gasteiger partial charge in [0.05, 0.1) is 12.1 Å². The van der Waals surface area contributed by atoms with Crippen molar-refractivity contribution in [2.75, 3.05) is 20.2 Å². The molecule has 0 aromatic heterocycles. The molecule has 0 radical (unpaired) electrons. The van der Waals surface area contributed by atoms with Crippen molar-refractivity contribution in [3.05, 3.63) is 35.1 Å². The van der Waals surface area contributed by atoms with Gasteiger partial charge in [-0.15, -0.1) is 0 Å². The second-order valence-electron chi connectivity index (χ2n) is 5.84. The van der Waals surface area contributed by atoms with Crippen LogP contribution >= 0.6 is 0 Å². The Balaban J connectivity index is 1.88. The minimum atomic E-state index is -1.49. The minimum Gasteiger partial charge on any atom is -0.376 e. The predicted octanol–water partition coefficient (Wildman–Crippen LogP) is 2.22. The fourth-order valence-corrected chi connectivity index (χ4v) is 2.49. The monoisotopic (exact) mass is 330 g/mol. The lowest BCUT2D eigenvalue weighted by atomic mass is 10.1. The second kappa shape index (κ2) is 7.79. The summed E-state index contributed by atoms with van der Waals surface area (Å²) in [7, 11) is 1.66. The summed E-state index contributed by atoms with van der Waals surface area (Å²) in [6.07, 6.45) is 1.98. The van der Waals surface area contributed by atoms with E-state index in [9.17, 15) is 18.0 Å². The molecule has 23 heavy (non-hydrogen) atoms. The van der Waals surface area contributed by atoms with Gasteiger partial charge in [0, 0.05) is 19.7 Å². The molecule has 2 atom stereocenters. The van der Waals surface area contributed by atoms with Gasteiger partial charge in [-0.1, -0.05) is 0 Å². The standard InChI is InChI=1S/C16H21F3N2O2/c1-10(16(22)20-8-12-4-3-5-23-12)21(2)9-11-6-13(17)15(19)14(18)7-11/h6-7,10,12H,3-5,8-9H2,1-2H3,(H,20,22)/t10-,12+/m0/s1. The molecule has 7 heteroatoms. The van der Waals surface area contributed by atoms with Crippen LogP contribution in [0.5, 0.6) is 0 Å². The molecular weight excluding hydrogens is 309 g/mol. The second-order valence-corrected chi connectivity index (χ2v) is 5.84. The van der Waals surface area contributed by atoms with Crippen molar-refractivity contribution in [1.29, 1.82) is 0 Å². The van der Waals surface area contributed by atoms with E-state index in [-0.39, 0.29) is 24.1 Å². The van der Waals surface area contributed by atoms with Gasteiger partial charge in [-0.05, 0) is 44.5 Å². The summed E-state index contributed by atoms with van der Waals surface area (Å²) in [6, 6.07) is 1.38. The van der Waals surface area contributed by atoms with E-state index in [4.69, 9.17) is 4.74 Å². The zero-order valence-corrected chi connectivity index (χ0v) is 13.2. The number of carbonyl (C=O) groups excluding carboxylic acids is 1. The summed E-state index contributed by atoms with van der Waals surface area (Å²) in [6.45, 7) is 3.00. The van der Waals surface area contributed by atoms with Crippen molar-refractivity contribution in [1.82, 2.24) is 10.2 Å². The van der Waals surface area contributed by atoms with Crippen LogP contribution in [0.3, 0.4) is 0 Å². The average molecular weight is 330 g/mol. The Bertz CT molecular complexity index is 539. The Morgan fingerprint density at radius 2 is 2.04 bits per heavy atom. The summed E-state index contributed by atoms with van der Waals surface area (Å²) >= 11 is 0. The molecule has 1 fully saturated rings. The molecule has 1 aliphatic heterocycles. The van der Waals surface area contributed by atoms with Gasteiger partial charge in [0.15, 0.2) is 17.5 Å². The predicted molar refractivity (Wildman–Crippen MR) is 79.2 cm³/mol. The van der Waals surface area contributed by atoms with Crippen LogP contribution in [0.25, 0.3) is 0 Å². The van der Waals surface area contributed by atoms with Crippen LogP contribution in [0.2, 0.25) is 0 Å². The molecule has 1 aromatic carbocycles. The van der Waals surface area contributed by atoms with Gasteiger partial charge in [0.25, 0.3) is 0 Å². The zero-order valence-electron chi connectivity index (χ0n) is 13.2. The van der Waals surface area contributed by atoms with Crippen LogP contribution < -0.4 is 5.32 Å². The Morgan fingerprint density at radius 3 is 2.61 bits per heavy atom. The molecule has 4 nitrogen and oxygen atoms in total. The van der Waals surface area contributed by atoms with E-state index in [1.54, 1.807) is 18.9 Å². The van der Waals surface area contributed by atoms with Gasteiger partial charge >= 0.3 is 0 Å².